The van der Waals surface area contributed by atoms with E-state index in [0.717, 1.165) is 49.9 Å². The first-order valence-corrected chi connectivity index (χ1v) is 16.0. The van der Waals surface area contributed by atoms with Crippen molar-refractivity contribution in [2.75, 3.05) is 0 Å². The quantitative estimate of drug-likeness (QED) is 0.306. The molecule has 6 rings (SSSR count). The third kappa shape index (κ3) is 5.91. The molecule has 3 aromatic rings. The van der Waals surface area contributed by atoms with Crippen molar-refractivity contribution in [2.45, 2.75) is 104 Å². The van der Waals surface area contributed by atoms with Crippen LogP contribution in [0.25, 0.3) is 11.0 Å². The van der Waals surface area contributed by atoms with Gasteiger partial charge in [0.15, 0.2) is 0 Å². The van der Waals surface area contributed by atoms with Gasteiger partial charge in [0, 0.05) is 47.7 Å². The molecule has 41 heavy (non-hydrogen) atoms. The highest BCUT2D eigenvalue weighted by molar-refractivity contribution is 5.86. The first-order chi connectivity index (χ1) is 19.9. The van der Waals surface area contributed by atoms with Crippen molar-refractivity contribution in [1.29, 1.82) is 0 Å². The normalized spacial score (nSPS) is 22.2. The fraction of sp³-hybridized carbons (Fsp3) is 0.528. The van der Waals surface area contributed by atoms with E-state index < -0.39 is 0 Å². The van der Waals surface area contributed by atoms with Crippen LogP contribution in [0.1, 0.15) is 92.8 Å². The van der Waals surface area contributed by atoms with Gasteiger partial charge in [0.05, 0.1) is 5.92 Å². The van der Waals surface area contributed by atoms with E-state index >= 15 is 0 Å². The van der Waals surface area contributed by atoms with Crippen molar-refractivity contribution in [2.24, 2.45) is 17.3 Å². The number of rotatable bonds is 7. The lowest BCUT2D eigenvalue weighted by molar-refractivity contribution is -0.125. The third-order valence-electron chi connectivity index (χ3n) is 9.85. The Hall–Kier alpha value is -3.21. The molecule has 3 aliphatic rings. The van der Waals surface area contributed by atoms with Gasteiger partial charge < -0.3 is 9.88 Å². The van der Waals surface area contributed by atoms with Crippen molar-refractivity contribution in [3.05, 3.63) is 82.5 Å². The molecule has 216 valence electrons. The van der Waals surface area contributed by atoms with Crippen molar-refractivity contribution in [3.63, 3.8) is 0 Å². The minimum absolute atomic E-state index is 0.0137. The molecule has 0 aliphatic heterocycles. The number of fused-ring (bicyclic) bond motifs is 3. The molecule has 2 atom stereocenters. The smallest absolute Gasteiger partial charge is 0.228 e. The summed E-state index contributed by atoms with van der Waals surface area (Å²) in [6, 6.07) is 6.20. The number of aryl methyl sites for hydroxylation is 3. The molecule has 3 aliphatic carbocycles. The average Bonchev–Trinajstić information content (AvgIpc) is 3.10. The first-order valence-electron chi connectivity index (χ1n) is 16.0. The maximum atomic E-state index is 13.8. The lowest BCUT2D eigenvalue weighted by Gasteiger charge is -2.33. The monoisotopic (exact) mass is 550 g/mol. The molecule has 3 aromatic heterocycles. The number of pyridine rings is 2. The number of hydrogen-bond acceptors (Lipinski definition) is 3. The zero-order valence-corrected chi connectivity index (χ0v) is 25.2. The molecule has 5 nitrogen and oxygen atoms in total. The number of allylic oxidation sites excluding steroid dienone is 3. The molecule has 1 N–H and O–H groups in total. The van der Waals surface area contributed by atoms with Gasteiger partial charge in [-0.3, -0.25) is 9.78 Å². The standard InChI is InChI=1S/C36H46N4O/c1-25-21-26(2)39-34-32(25)30-14-8-9-15-31(30)40(34)24-36(3)18-16-29(17-19-36)33(28-12-6-4-5-7-13-28)35(41)38-23-27-11-10-20-37-22-27/h10-11,16-18,20-22,28,33H,4-9,12-15,19,23-24H2,1-3H3,(H,38,41). The zero-order chi connectivity index (χ0) is 28.4. The summed E-state index contributed by atoms with van der Waals surface area (Å²) in [7, 11) is 0. The van der Waals surface area contributed by atoms with Crippen LogP contribution in [-0.4, -0.2) is 20.4 Å². The highest BCUT2D eigenvalue weighted by Gasteiger charge is 2.35. The molecule has 0 bridgehead atoms. The summed E-state index contributed by atoms with van der Waals surface area (Å²) in [6.45, 7) is 8.20. The SMILES string of the molecule is Cc1cc(C)c2c3c(n(CC4(C)C=CC(C(C(=O)NCc5cccnc5)C5CCCCCC5)=CC4)c2n1)CCCC3. The van der Waals surface area contributed by atoms with Crippen LogP contribution in [-0.2, 0) is 30.7 Å². The number of aromatic nitrogens is 3. The van der Waals surface area contributed by atoms with Gasteiger partial charge in [-0.25, -0.2) is 4.98 Å². The average molecular weight is 551 g/mol. The summed E-state index contributed by atoms with van der Waals surface area (Å²) >= 11 is 0. The molecule has 0 saturated heterocycles. The van der Waals surface area contributed by atoms with Gasteiger partial charge in [0.1, 0.15) is 5.65 Å². The van der Waals surface area contributed by atoms with E-state index in [9.17, 15) is 4.79 Å². The lowest BCUT2D eigenvalue weighted by Crippen LogP contribution is -2.36. The van der Waals surface area contributed by atoms with Gasteiger partial charge in [0.2, 0.25) is 5.91 Å². The maximum absolute atomic E-state index is 13.8. The highest BCUT2D eigenvalue weighted by Crippen LogP contribution is 2.41. The Bertz CT molecular complexity index is 1460. The summed E-state index contributed by atoms with van der Waals surface area (Å²) in [5.74, 6) is 0.487. The Labute approximate surface area is 245 Å². The lowest BCUT2D eigenvalue weighted by atomic mass is 9.74. The number of carbonyl (C=O) groups is 1. The molecule has 0 aromatic carbocycles. The molecule has 1 saturated carbocycles. The van der Waals surface area contributed by atoms with Crippen LogP contribution in [0.15, 0.2) is 54.4 Å². The van der Waals surface area contributed by atoms with Crippen LogP contribution < -0.4 is 5.32 Å². The Morgan fingerprint density at radius 1 is 1.12 bits per heavy atom. The molecule has 5 heteroatoms. The van der Waals surface area contributed by atoms with Crippen molar-refractivity contribution in [3.8, 4) is 0 Å². The second-order valence-electron chi connectivity index (χ2n) is 13.2. The summed E-state index contributed by atoms with van der Waals surface area (Å²) in [4.78, 5) is 23.1. The summed E-state index contributed by atoms with van der Waals surface area (Å²) in [6.07, 6.45) is 23.8. The van der Waals surface area contributed by atoms with E-state index in [0.29, 0.717) is 12.5 Å². The number of nitrogens with zero attached hydrogens (tertiary/aromatic N) is 3. The summed E-state index contributed by atoms with van der Waals surface area (Å²) < 4.78 is 2.55. The first kappa shape index (κ1) is 27.9. The fourth-order valence-electron chi connectivity index (χ4n) is 7.72. The Morgan fingerprint density at radius 3 is 2.66 bits per heavy atom. The number of hydrogen-bond donors (Lipinski definition) is 1. The molecule has 0 spiro atoms. The number of carbonyl (C=O) groups excluding carboxylic acids is 1. The van der Waals surface area contributed by atoms with E-state index in [2.05, 4.69) is 59.9 Å². The second-order valence-corrected chi connectivity index (χ2v) is 13.2. The fourth-order valence-corrected chi connectivity index (χ4v) is 7.72. The van der Waals surface area contributed by atoms with E-state index in [1.807, 2.05) is 18.3 Å². The maximum Gasteiger partial charge on any atom is 0.228 e. The van der Waals surface area contributed by atoms with Crippen molar-refractivity contribution in [1.82, 2.24) is 19.9 Å². The summed E-state index contributed by atoms with van der Waals surface area (Å²) in [5.41, 5.74) is 8.91. The molecule has 2 unspecified atom stereocenters. The number of amides is 1. The van der Waals surface area contributed by atoms with Crippen molar-refractivity contribution < 1.29 is 4.79 Å². The Balaban J connectivity index is 1.26. The van der Waals surface area contributed by atoms with Gasteiger partial charge in [-0.1, -0.05) is 56.9 Å². The van der Waals surface area contributed by atoms with Gasteiger partial charge in [-0.2, -0.15) is 0 Å². The second kappa shape index (κ2) is 12.0. The molecule has 1 amide bonds. The minimum Gasteiger partial charge on any atom is -0.351 e. The predicted octanol–water partition coefficient (Wildman–Crippen LogP) is 7.72. The van der Waals surface area contributed by atoms with Crippen molar-refractivity contribution >= 4 is 16.9 Å². The van der Waals surface area contributed by atoms with Crippen LogP contribution in [0.2, 0.25) is 0 Å². The van der Waals surface area contributed by atoms with Crippen LogP contribution >= 0.6 is 0 Å². The largest absolute Gasteiger partial charge is 0.351 e. The van der Waals surface area contributed by atoms with E-state index in [4.69, 9.17) is 4.98 Å². The summed E-state index contributed by atoms with van der Waals surface area (Å²) in [5, 5.41) is 4.66. The van der Waals surface area contributed by atoms with E-state index in [-0.39, 0.29) is 17.2 Å². The third-order valence-corrected chi connectivity index (χ3v) is 9.85. The van der Waals surface area contributed by atoms with E-state index in [1.54, 1.807) is 6.20 Å². The van der Waals surface area contributed by atoms with Gasteiger partial charge in [-0.15, -0.1) is 0 Å². The van der Waals surface area contributed by atoms with Crippen LogP contribution in [0, 0.1) is 31.1 Å². The topological polar surface area (TPSA) is 59.8 Å². The van der Waals surface area contributed by atoms with E-state index in [1.165, 1.54) is 72.0 Å². The Morgan fingerprint density at radius 2 is 1.93 bits per heavy atom. The van der Waals surface area contributed by atoms with Gasteiger partial charge in [-0.05, 0) is 99.1 Å². The minimum atomic E-state index is -0.0855. The van der Waals surface area contributed by atoms with Crippen LogP contribution in [0.3, 0.4) is 0 Å². The molecular formula is C36H46N4O. The van der Waals surface area contributed by atoms with Gasteiger partial charge in [0.25, 0.3) is 0 Å². The molecule has 3 heterocycles. The predicted molar refractivity (Wildman–Crippen MR) is 167 cm³/mol. The van der Waals surface area contributed by atoms with Crippen LogP contribution in [0.4, 0.5) is 0 Å². The number of nitrogens with one attached hydrogen (secondary N) is 1. The van der Waals surface area contributed by atoms with Gasteiger partial charge >= 0.3 is 0 Å². The highest BCUT2D eigenvalue weighted by atomic mass is 16.1. The molecule has 0 radical (unpaired) electrons. The zero-order valence-electron chi connectivity index (χ0n) is 25.2. The molecular weight excluding hydrogens is 504 g/mol. The Kier molecular flexibility index (Phi) is 8.14. The molecule has 1 fully saturated rings. The van der Waals surface area contributed by atoms with Crippen LogP contribution in [0.5, 0.6) is 0 Å².